The second-order valence-corrected chi connectivity index (χ2v) is 6.12. The maximum absolute atomic E-state index is 13.2. The average Bonchev–Trinajstić information content (AvgIpc) is 2.60. The van der Waals surface area contributed by atoms with Gasteiger partial charge in [-0.2, -0.15) is 0 Å². The summed E-state index contributed by atoms with van der Waals surface area (Å²) in [6.45, 7) is 1.83. The van der Waals surface area contributed by atoms with Gasteiger partial charge in [-0.3, -0.25) is 9.59 Å². The second-order valence-electron chi connectivity index (χ2n) is 6.12. The van der Waals surface area contributed by atoms with Crippen LogP contribution < -0.4 is 5.32 Å². The summed E-state index contributed by atoms with van der Waals surface area (Å²) in [6.07, 6.45) is 1.16. The average molecular weight is 343 g/mol. The lowest BCUT2D eigenvalue weighted by molar-refractivity contribution is -0.138. The van der Waals surface area contributed by atoms with Gasteiger partial charge < -0.3 is 10.4 Å². The van der Waals surface area contributed by atoms with Crippen LogP contribution in [0, 0.1) is 11.7 Å². The van der Waals surface area contributed by atoms with Gasteiger partial charge in [0.25, 0.3) is 0 Å². The van der Waals surface area contributed by atoms with Gasteiger partial charge in [-0.25, -0.2) is 4.39 Å². The summed E-state index contributed by atoms with van der Waals surface area (Å²) in [6, 6.07) is 15.1. The molecule has 2 rings (SSSR count). The van der Waals surface area contributed by atoms with Crippen LogP contribution in [0.5, 0.6) is 0 Å². The van der Waals surface area contributed by atoms with Crippen molar-refractivity contribution in [1.29, 1.82) is 0 Å². The molecule has 0 fully saturated rings. The minimum absolute atomic E-state index is 0.0441. The first kappa shape index (κ1) is 18.6. The number of benzene rings is 2. The quantitative estimate of drug-likeness (QED) is 0.772. The van der Waals surface area contributed by atoms with Crippen LogP contribution in [0.25, 0.3) is 0 Å². The van der Waals surface area contributed by atoms with Crippen molar-refractivity contribution in [3.05, 3.63) is 71.5 Å². The summed E-state index contributed by atoms with van der Waals surface area (Å²) in [4.78, 5) is 23.6. The molecule has 2 atom stereocenters. The Morgan fingerprint density at radius 1 is 1.12 bits per heavy atom. The molecule has 2 aromatic rings. The van der Waals surface area contributed by atoms with Gasteiger partial charge in [0.1, 0.15) is 5.82 Å². The molecule has 0 heterocycles. The zero-order valence-electron chi connectivity index (χ0n) is 14.1. The van der Waals surface area contributed by atoms with Crippen molar-refractivity contribution in [2.24, 2.45) is 5.92 Å². The zero-order valence-corrected chi connectivity index (χ0v) is 14.1. The first-order valence-corrected chi connectivity index (χ1v) is 8.27. The minimum Gasteiger partial charge on any atom is -0.481 e. The molecule has 0 aliphatic rings. The topological polar surface area (TPSA) is 66.4 Å². The number of hydrogen-bond acceptors (Lipinski definition) is 2. The number of carbonyl (C=O) groups excluding carboxylic acids is 1. The zero-order chi connectivity index (χ0) is 18.2. The molecule has 0 aliphatic heterocycles. The lowest BCUT2D eigenvalue weighted by atomic mass is 9.97. The van der Waals surface area contributed by atoms with E-state index in [9.17, 15) is 19.1 Å². The summed E-state index contributed by atoms with van der Waals surface area (Å²) in [5, 5.41) is 12.1. The number of carboxylic acid groups (broad SMARTS) is 1. The van der Waals surface area contributed by atoms with Crippen LogP contribution in [0.4, 0.5) is 4.39 Å². The fourth-order valence-corrected chi connectivity index (χ4v) is 2.62. The third kappa shape index (κ3) is 5.71. The molecule has 0 saturated heterocycles. The summed E-state index contributed by atoms with van der Waals surface area (Å²) in [5.41, 5.74) is 1.50. The van der Waals surface area contributed by atoms with Crippen molar-refractivity contribution in [3.63, 3.8) is 0 Å². The number of carboxylic acids is 1. The third-order valence-corrected chi connectivity index (χ3v) is 4.18. The van der Waals surface area contributed by atoms with E-state index >= 15 is 0 Å². The maximum atomic E-state index is 13.2. The normalized spacial score (nSPS) is 13.0. The molecule has 0 radical (unpaired) electrons. The number of hydrogen-bond donors (Lipinski definition) is 2. The van der Waals surface area contributed by atoms with Gasteiger partial charge in [0, 0.05) is 12.5 Å². The van der Waals surface area contributed by atoms with Gasteiger partial charge in [0.05, 0.1) is 5.92 Å². The van der Waals surface area contributed by atoms with E-state index in [1.54, 1.807) is 37.3 Å². The Labute approximate surface area is 146 Å². The Kier molecular flexibility index (Phi) is 6.69. The number of halogens is 1. The Hall–Kier alpha value is -2.69. The molecule has 0 bridgehead atoms. The fourth-order valence-electron chi connectivity index (χ4n) is 2.62. The molecule has 25 heavy (non-hydrogen) atoms. The molecule has 0 spiro atoms. The number of amides is 1. The van der Waals surface area contributed by atoms with E-state index in [2.05, 4.69) is 5.32 Å². The van der Waals surface area contributed by atoms with Gasteiger partial charge in [0.2, 0.25) is 5.91 Å². The molecule has 2 N–H and O–H groups in total. The van der Waals surface area contributed by atoms with Crippen LogP contribution in [0.3, 0.4) is 0 Å². The number of rotatable bonds is 8. The van der Waals surface area contributed by atoms with Crippen LogP contribution in [-0.4, -0.2) is 23.5 Å². The smallest absolute Gasteiger partial charge is 0.312 e. The van der Waals surface area contributed by atoms with Crippen LogP contribution in [-0.2, 0) is 16.0 Å². The summed E-state index contributed by atoms with van der Waals surface area (Å²) in [7, 11) is 0. The Morgan fingerprint density at radius 2 is 1.84 bits per heavy atom. The van der Waals surface area contributed by atoms with Crippen LogP contribution >= 0.6 is 0 Å². The predicted octanol–water partition coefficient (Wildman–Crippen LogP) is 3.38. The lowest BCUT2D eigenvalue weighted by Gasteiger charge is -2.16. The molecule has 0 aliphatic carbocycles. The molecule has 132 valence electrons. The van der Waals surface area contributed by atoms with Crippen LogP contribution in [0.15, 0.2) is 54.6 Å². The number of nitrogens with one attached hydrogen (secondary N) is 1. The lowest BCUT2D eigenvalue weighted by Crippen LogP contribution is -2.35. The molecular formula is C20H22FNO3. The van der Waals surface area contributed by atoms with Crippen molar-refractivity contribution >= 4 is 11.9 Å². The highest BCUT2D eigenvalue weighted by atomic mass is 19.1. The summed E-state index contributed by atoms with van der Waals surface area (Å²) < 4.78 is 13.2. The van der Waals surface area contributed by atoms with Crippen molar-refractivity contribution < 1.29 is 19.1 Å². The van der Waals surface area contributed by atoms with Gasteiger partial charge >= 0.3 is 5.97 Å². The molecule has 5 heteroatoms. The molecule has 1 amide bonds. The minimum atomic E-state index is -0.973. The molecule has 2 unspecified atom stereocenters. The SMILES string of the molecule is CC(CCc1cccc(F)c1)C(=O)NCC(C(=O)O)c1ccccc1. The number of carbonyl (C=O) groups is 2. The van der Waals surface area contributed by atoms with E-state index in [1.807, 2.05) is 12.1 Å². The van der Waals surface area contributed by atoms with Crippen molar-refractivity contribution in [3.8, 4) is 0 Å². The van der Waals surface area contributed by atoms with Crippen LogP contribution in [0.1, 0.15) is 30.4 Å². The highest BCUT2D eigenvalue weighted by molar-refractivity contribution is 5.81. The summed E-state index contributed by atoms with van der Waals surface area (Å²) in [5.74, 6) is -2.52. The van der Waals surface area contributed by atoms with E-state index < -0.39 is 11.9 Å². The molecule has 0 aromatic heterocycles. The van der Waals surface area contributed by atoms with E-state index in [0.29, 0.717) is 18.4 Å². The van der Waals surface area contributed by atoms with E-state index in [4.69, 9.17) is 0 Å². The Bertz CT molecular complexity index is 718. The van der Waals surface area contributed by atoms with E-state index in [0.717, 1.165) is 5.56 Å². The molecule has 4 nitrogen and oxygen atoms in total. The van der Waals surface area contributed by atoms with Gasteiger partial charge in [-0.15, -0.1) is 0 Å². The largest absolute Gasteiger partial charge is 0.481 e. The molecular weight excluding hydrogens is 321 g/mol. The van der Waals surface area contributed by atoms with E-state index in [1.165, 1.54) is 12.1 Å². The standard InChI is InChI=1S/C20H22FNO3/c1-14(10-11-15-6-5-9-17(21)12-15)19(23)22-13-18(20(24)25)16-7-3-2-4-8-16/h2-9,12,14,18H,10-11,13H2,1H3,(H,22,23)(H,24,25). The number of aliphatic carboxylic acids is 1. The van der Waals surface area contributed by atoms with Crippen molar-refractivity contribution in [2.75, 3.05) is 6.54 Å². The van der Waals surface area contributed by atoms with Gasteiger partial charge in [0.15, 0.2) is 0 Å². The second kappa shape index (κ2) is 8.97. The molecule has 2 aromatic carbocycles. The fraction of sp³-hybridized carbons (Fsp3) is 0.300. The Morgan fingerprint density at radius 3 is 2.48 bits per heavy atom. The third-order valence-electron chi connectivity index (χ3n) is 4.18. The van der Waals surface area contributed by atoms with E-state index in [-0.39, 0.29) is 24.2 Å². The summed E-state index contributed by atoms with van der Waals surface area (Å²) >= 11 is 0. The van der Waals surface area contributed by atoms with Crippen LogP contribution in [0.2, 0.25) is 0 Å². The highest BCUT2D eigenvalue weighted by Crippen LogP contribution is 2.16. The van der Waals surface area contributed by atoms with Gasteiger partial charge in [-0.05, 0) is 36.1 Å². The number of aryl methyl sites for hydroxylation is 1. The first-order chi connectivity index (χ1) is 12.0. The highest BCUT2D eigenvalue weighted by Gasteiger charge is 2.21. The molecule has 0 saturated carbocycles. The predicted molar refractivity (Wildman–Crippen MR) is 93.7 cm³/mol. The Balaban J connectivity index is 1.86. The maximum Gasteiger partial charge on any atom is 0.312 e. The first-order valence-electron chi connectivity index (χ1n) is 8.27. The van der Waals surface area contributed by atoms with Crippen molar-refractivity contribution in [1.82, 2.24) is 5.32 Å². The van der Waals surface area contributed by atoms with Gasteiger partial charge in [-0.1, -0.05) is 49.4 Å². The van der Waals surface area contributed by atoms with Crippen molar-refractivity contribution in [2.45, 2.75) is 25.7 Å². The monoisotopic (exact) mass is 343 g/mol.